The first kappa shape index (κ1) is 16.5. The van der Waals surface area contributed by atoms with E-state index in [1.807, 2.05) is 15.5 Å². The molecule has 0 aliphatic carbocycles. The van der Waals surface area contributed by atoms with Crippen molar-refractivity contribution in [2.24, 2.45) is 0 Å². The zero-order valence-corrected chi connectivity index (χ0v) is 15.4. The predicted molar refractivity (Wildman–Crippen MR) is 99.6 cm³/mol. The lowest BCUT2D eigenvalue weighted by Gasteiger charge is -2.17. The van der Waals surface area contributed by atoms with E-state index in [2.05, 4.69) is 4.98 Å². The maximum atomic E-state index is 12.1. The van der Waals surface area contributed by atoms with Gasteiger partial charge in [-0.3, -0.25) is 0 Å². The van der Waals surface area contributed by atoms with Gasteiger partial charge in [0.05, 0.1) is 33.9 Å². The molecule has 0 saturated carbocycles. The molecule has 0 bridgehead atoms. The van der Waals surface area contributed by atoms with Gasteiger partial charge >= 0.3 is 5.97 Å². The molecule has 0 fully saturated rings. The number of esters is 1. The lowest BCUT2D eigenvalue weighted by atomic mass is 10.2. The van der Waals surface area contributed by atoms with Gasteiger partial charge in [-0.1, -0.05) is 34.8 Å². The van der Waals surface area contributed by atoms with E-state index in [0.29, 0.717) is 50.7 Å². The van der Waals surface area contributed by atoms with E-state index in [0.717, 1.165) is 5.69 Å². The van der Waals surface area contributed by atoms with Crippen LogP contribution in [0.5, 0.6) is 0 Å². The number of fused-ring (bicyclic) bond motifs is 3. The molecular weight excluding hydrogens is 385 g/mol. The third-order valence-electron chi connectivity index (χ3n) is 4.22. The summed E-state index contributed by atoms with van der Waals surface area (Å²) < 4.78 is 6.84. The van der Waals surface area contributed by atoms with Gasteiger partial charge in [0.2, 0.25) is 5.95 Å². The van der Waals surface area contributed by atoms with E-state index >= 15 is 0 Å². The molecule has 1 aliphatic rings. The molecular formula is C17H12Cl3N3O2. The Hall–Kier alpha value is -1.95. The molecule has 0 N–H and O–H groups in total. The summed E-state index contributed by atoms with van der Waals surface area (Å²) in [5, 5.41) is 1.58. The largest absolute Gasteiger partial charge is 0.465 e. The Morgan fingerprint density at radius 2 is 1.92 bits per heavy atom. The number of hydrogen-bond acceptors (Lipinski definition) is 4. The minimum absolute atomic E-state index is 0.424. The van der Waals surface area contributed by atoms with Gasteiger partial charge < -0.3 is 14.2 Å². The summed E-state index contributed by atoms with van der Waals surface area (Å²) in [5.41, 5.74) is 2.47. The number of anilines is 2. The molecule has 0 atom stereocenters. The number of rotatable bonds is 2. The van der Waals surface area contributed by atoms with Crippen LogP contribution in [0.4, 0.5) is 11.6 Å². The first-order chi connectivity index (χ1) is 12.0. The van der Waals surface area contributed by atoms with Crippen LogP contribution in [0.25, 0.3) is 11.0 Å². The van der Waals surface area contributed by atoms with Crippen LogP contribution in [0.15, 0.2) is 30.3 Å². The van der Waals surface area contributed by atoms with Crippen molar-refractivity contribution >= 4 is 63.4 Å². The first-order valence-electron chi connectivity index (χ1n) is 7.51. The summed E-state index contributed by atoms with van der Waals surface area (Å²) in [4.78, 5) is 18.8. The summed E-state index contributed by atoms with van der Waals surface area (Å²) in [5.74, 6) is 0.254. The minimum atomic E-state index is -0.424. The minimum Gasteiger partial charge on any atom is -0.465 e. The smallest absolute Gasteiger partial charge is 0.340 e. The van der Waals surface area contributed by atoms with Crippen LogP contribution < -0.4 is 4.90 Å². The molecule has 1 aromatic heterocycles. The number of methoxy groups -OCH3 is 1. The van der Waals surface area contributed by atoms with Crippen molar-refractivity contribution < 1.29 is 9.53 Å². The Balaban J connectivity index is 1.93. The SMILES string of the molecule is COC(=O)c1ccc(Cl)c2nc3n(c12)CCN3c1ccc(Cl)cc1Cl. The van der Waals surface area contributed by atoms with E-state index < -0.39 is 5.97 Å². The average Bonchev–Trinajstić information content (AvgIpc) is 3.15. The van der Waals surface area contributed by atoms with Crippen molar-refractivity contribution in [3.05, 3.63) is 51.0 Å². The van der Waals surface area contributed by atoms with Gasteiger partial charge in [0.25, 0.3) is 0 Å². The van der Waals surface area contributed by atoms with Crippen molar-refractivity contribution in [1.82, 2.24) is 9.55 Å². The maximum absolute atomic E-state index is 12.1. The van der Waals surface area contributed by atoms with Crippen LogP contribution >= 0.6 is 34.8 Å². The first-order valence-corrected chi connectivity index (χ1v) is 8.64. The van der Waals surface area contributed by atoms with Crippen LogP contribution in [-0.4, -0.2) is 29.2 Å². The molecule has 25 heavy (non-hydrogen) atoms. The molecule has 0 spiro atoms. The average molecular weight is 397 g/mol. The van der Waals surface area contributed by atoms with E-state index in [1.54, 1.807) is 24.3 Å². The van der Waals surface area contributed by atoms with Crippen molar-refractivity contribution in [2.75, 3.05) is 18.6 Å². The molecule has 128 valence electrons. The van der Waals surface area contributed by atoms with E-state index in [9.17, 15) is 4.79 Å². The Morgan fingerprint density at radius 3 is 2.64 bits per heavy atom. The number of halogens is 3. The van der Waals surface area contributed by atoms with Gasteiger partial charge in [0.1, 0.15) is 5.52 Å². The van der Waals surface area contributed by atoms with E-state index in [-0.39, 0.29) is 0 Å². The summed E-state index contributed by atoms with van der Waals surface area (Å²) in [6.07, 6.45) is 0. The summed E-state index contributed by atoms with van der Waals surface area (Å²) in [7, 11) is 1.35. The third-order valence-corrected chi connectivity index (χ3v) is 5.06. The Morgan fingerprint density at radius 1 is 1.12 bits per heavy atom. The second-order valence-electron chi connectivity index (χ2n) is 5.59. The van der Waals surface area contributed by atoms with Gasteiger partial charge in [0.15, 0.2) is 0 Å². The fraction of sp³-hybridized carbons (Fsp3) is 0.176. The number of imidazole rings is 1. The van der Waals surface area contributed by atoms with Crippen LogP contribution in [0.1, 0.15) is 10.4 Å². The zero-order valence-electron chi connectivity index (χ0n) is 13.1. The van der Waals surface area contributed by atoms with Gasteiger partial charge in [-0.2, -0.15) is 0 Å². The fourth-order valence-corrected chi connectivity index (χ4v) is 3.82. The second-order valence-corrected chi connectivity index (χ2v) is 6.85. The summed E-state index contributed by atoms with van der Waals surface area (Å²) >= 11 is 18.6. The molecule has 1 aliphatic heterocycles. The third kappa shape index (κ3) is 2.54. The maximum Gasteiger partial charge on any atom is 0.340 e. The van der Waals surface area contributed by atoms with Gasteiger partial charge in [-0.15, -0.1) is 0 Å². The van der Waals surface area contributed by atoms with E-state index in [4.69, 9.17) is 39.5 Å². The lowest BCUT2D eigenvalue weighted by molar-refractivity contribution is 0.0602. The number of nitrogens with zero attached hydrogens (tertiary/aromatic N) is 3. The number of carbonyl (C=O) groups is 1. The highest BCUT2D eigenvalue weighted by molar-refractivity contribution is 6.37. The standard InChI is InChI=1S/C17H12Cl3N3O2/c1-25-16(24)10-3-4-11(19)14-15(10)23-7-6-22(17(23)21-14)13-5-2-9(18)8-12(13)20/h2-5,8H,6-7H2,1H3. The highest BCUT2D eigenvalue weighted by atomic mass is 35.5. The molecule has 5 nitrogen and oxygen atoms in total. The zero-order chi connectivity index (χ0) is 17.7. The Kier molecular flexibility index (Phi) is 4.02. The molecule has 8 heteroatoms. The Labute approximate surface area is 158 Å². The normalized spacial score (nSPS) is 13.4. The van der Waals surface area contributed by atoms with Crippen molar-refractivity contribution in [1.29, 1.82) is 0 Å². The molecule has 2 aromatic carbocycles. The lowest BCUT2D eigenvalue weighted by Crippen LogP contribution is -2.14. The number of benzene rings is 2. The van der Waals surface area contributed by atoms with Crippen molar-refractivity contribution in [3.63, 3.8) is 0 Å². The highest BCUT2D eigenvalue weighted by Gasteiger charge is 2.29. The van der Waals surface area contributed by atoms with Crippen LogP contribution in [0.3, 0.4) is 0 Å². The number of aromatic nitrogens is 2. The van der Waals surface area contributed by atoms with Gasteiger partial charge in [-0.05, 0) is 30.3 Å². The number of carbonyl (C=O) groups excluding carboxylic acids is 1. The quantitative estimate of drug-likeness (QED) is 0.576. The van der Waals surface area contributed by atoms with Crippen LogP contribution in [0.2, 0.25) is 15.1 Å². The van der Waals surface area contributed by atoms with Crippen LogP contribution in [0, 0.1) is 0 Å². The van der Waals surface area contributed by atoms with Crippen molar-refractivity contribution in [3.8, 4) is 0 Å². The topological polar surface area (TPSA) is 47.4 Å². The molecule has 4 rings (SSSR count). The summed E-state index contributed by atoms with van der Waals surface area (Å²) in [6.45, 7) is 1.32. The molecule has 2 heterocycles. The molecule has 0 unspecified atom stereocenters. The Bertz CT molecular complexity index is 1020. The fourth-order valence-electron chi connectivity index (χ4n) is 3.12. The van der Waals surface area contributed by atoms with E-state index in [1.165, 1.54) is 7.11 Å². The molecule has 0 saturated heterocycles. The predicted octanol–water partition coefficient (Wildman–Crippen LogP) is 4.93. The molecule has 0 amide bonds. The number of hydrogen-bond donors (Lipinski definition) is 0. The second kappa shape index (κ2) is 6.09. The number of ether oxygens (including phenoxy) is 1. The van der Waals surface area contributed by atoms with Crippen molar-refractivity contribution in [2.45, 2.75) is 6.54 Å². The van der Waals surface area contributed by atoms with Gasteiger partial charge in [-0.25, -0.2) is 9.78 Å². The summed E-state index contributed by atoms with van der Waals surface area (Å²) in [6, 6.07) is 8.63. The van der Waals surface area contributed by atoms with Crippen LogP contribution in [-0.2, 0) is 11.3 Å². The molecule has 3 aromatic rings. The molecule has 0 radical (unpaired) electrons. The van der Waals surface area contributed by atoms with Gasteiger partial charge in [0, 0.05) is 18.1 Å². The highest BCUT2D eigenvalue weighted by Crippen LogP contribution is 2.40. The monoisotopic (exact) mass is 395 g/mol.